The van der Waals surface area contributed by atoms with Crippen LogP contribution < -0.4 is 32.7 Å². The summed E-state index contributed by atoms with van der Waals surface area (Å²) >= 11 is 0. The molecular weight excluding hydrogens is 869 g/mol. The van der Waals surface area contributed by atoms with Gasteiger partial charge in [0, 0.05) is 52.1 Å². The summed E-state index contributed by atoms with van der Waals surface area (Å²) in [4.78, 5) is 103. The van der Waals surface area contributed by atoms with Gasteiger partial charge in [0.25, 0.3) is 0 Å². The van der Waals surface area contributed by atoms with Gasteiger partial charge in [-0.1, -0.05) is 56.0 Å². The number of nitrogens with two attached hydrogens (primary N) is 2. The van der Waals surface area contributed by atoms with Gasteiger partial charge in [-0.3, -0.25) is 28.8 Å². The molecule has 0 aromatic rings. The Morgan fingerprint density at radius 1 is 0.525 bits per heavy atom. The highest BCUT2D eigenvalue weighted by Gasteiger charge is 2.38. The number of amides is 8. The normalized spacial score (nSPS) is 14.8. The van der Waals surface area contributed by atoms with Crippen molar-refractivity contribution in [3.63, 3.8) is 0 Å². The molecular formula is C39H68N8O10S4. The lowest BCUT2D eigenvalue weighted by molar-refractivity contribution is -0.139. The molecule has 2 aliphatic rings. The molecule has 61 heavy (non-hydrogen) atoms. The van der Waals surface area contributed by atoms with E-state index in [0.717, 1.165) is 0 Å². The van der Waals surface area contributed by atoms with Crippen molar-refractivity contribution < 1.29 is 47.8 Å². The Morgan fingerprint density at radius 3 is 1.23 bits per heavy atom. The summed E-state index contributed by atoms with van der Waals surface area (Å²) in [6, 6.07) is 0. The molecule has 348 valence electrons. The minimum atomic E-state index is -0.661. The molecule has 0 bridgehead atoms. The van der Waals surface area contributed by atoms with E-state index in [1.165, 1.54) is 4.90 Å². The van der Waals surface area contributed by atoms with E-state index in [1.807, 2.05) is 0 Å². The number of nitrogens with zero attached hydrogens (tertiary/aromatic N) is 2. The number of nitrogens with one attached hydrogen (secondary N) is 4. The van der Waals surface area contributed by atoms with Crippen molar-refractivity contribution in [2.24, 2.45) is 23.3 Å². The van der Waals surface area contributed by atoms with Crippen molar-refractivity contribution >= 4 is 90.8 Å². The minimum Gasteiger partial charge on any atom is -0.444 e. The van der Waals surface area contributed by atoms with Crippen LogP contribution in [0.3, 0.4) is 0 Å². The van der Waals surface area contributed by atoms with Gasteiger partial charge in [-0.15, -0.1) is 0 Å². The van der Waals surface area contributed by atoms with E-state index in [9.17, 15) is 38.4 Å². The molecule has 2 fully saturated rings. The number of hydrogen-bond donors (Lipinski definition) is 6. The van der Waals surface area contributed by atoms with E-state index in [-0.39, 0.29) is 84.2 Å². The molecule has 0 aromatic carbocycles. The van der Waals surface area contributed by atoms with Crippen LogP contribution in [0.25, 0.3) is 0 Å². The Bertz CT molecular complexity index is 1380. The van der Waals surface area contributed by atoms with Crippen molar-refractivity contribution in [3.05, 3.63) is 0 Å². The first kappa shape index (κ1) is 53.9. The molecule has 0 unspecified atom stereocenters. The smallest absolute Gasteiger partial charge is 0.407 e. The number of hydrogen-bond acceptors (Lipinski definition) is 14. The third kappa shape index (κ3) is 26.1. The molecule has 2 rings (SSSR count). The molecule has 2 atom stereocenters. The zero-order chi connectivity index (χ0) is 45.6. The lowest BCUT2D eigenvalue weighted by atomic mass is 10.0. The molecule has 2 saturated heterocycles. The number of rotatable bonds is 30. The van der Waals surface area contributed by atoms with E-state index in [1.54, 1.807) is 89.6 Å². The number of ether oxygens (including phenoxy) is 2. The predicted molar refractivity (Wildman–Crippen MR) is 242 cm³/mol. The van der Waals surface area contributed by atoms with Crippen LogP contribution in [-0.2, 0) is 38.2 Å². The third-order valence-corrected chi connectivity index (χ3v) is 13.7. The van der Waals surface area contributed by atoms with Crippen LogP contribution in [0.15, 0.2) is 0 Å². The fourth-order valence-corrected chi connectivity index (χ4v) is 9.64. The zero-order valence-electron chi connectivity index (χ0n) is 36.5. The molecule has 0 saturated carbocycles. The summed E-state index contributed by atoms with van der Waals surface area (Å²) in [5.41, 5.74) is 9.74. The lowest BCUT2D eigenvalue weighted by Crippen LogP contribution is -2.46. The van der Waals surface area contributed by atoms with Crippen molar-refractivity contribution in [2.75, 3.05) is 52.4 Å². The Labute approximate surface area is 376 Å². The van der Waals surface area contributed by atoms with Crippen molar-refractivity contribution in [2.45, 2.75) is 133 Å². The molecule has 8 N–H and O–H groups in total. The fourth-order valence-electron chi connectivity index (χ4n) is 5.90. The van der Waals surface area contributed by atoms with Crippen LogP contribution in [0.5, 0.6) is 0 Å². The number of primary amides is 2. The molecule has 0 aromatic heterocycles. The first-order valence-electron chi connectivity index (χ1n) is 20.9. The number of alkyl carbamates (subject to hydrolysis) is 2. The summed E-state index contributed by atoms with van der Waals surface area (Å²) in [6.07, 6.45) is 3.57. The Balaban J connectivity index is 1.95. The van der Waals surface area contributed by atoms with Crippen LogP contribution in [0.4, 0.5) is 9.59 Å². The maximum Gasteiger partial charge on any atom is 0.407 e. The zero-order valence-corrected chi connectivity index (χ0v) is 39.8. The van der Waals surface area contributed by atoms with Crippen molar-refractivity contribution in [3.8, 4) is 0 Å². The molecule has 18 nitrogen and oxygen atoms in total. The van der Waals surface area contributed by atoms with Gasteiger partial charge in [0.05, 0.1) is 21.0 Å². The van der Waals surface area contributed by atoms with Crippen LogP contribution >= 0.6 is 43.2 Å². The van der Waals surface area contributed by atoms with E-state index < -0.39 is 41.1 Å². The molecule has 2 aliphatic heterocycles. The van der Waals surface area contributed by atoms with E-state index in [4.69, 9.17) is 20.9 Å². The molecule has 8 amide bonds. The van der Waals surface area contributed by atoms with Crippen molar-refractivity contribution in [1.82, 2.24) is 31.1 Å². The average molecular weight is 937 g/mol. The summed E-state index contributed by atoms with van der Waals surface area (Å²) in [6.45, 7) is 11.6. The quantitative estimate of drug-likeness (QED) is 0.0340. The van der Waals surface area contributed by atoms with Gasteiger partial charge in [0.1, 0.15) is 24.3 Å². The van der Waals surface area contributed by atoms with Gasteiger partial charge in [-0.25, -0.2) is 9.59 Å². The average Bonchev–Trinajstić information content (AvgIpc) is 4.08. The summed E-state index contributed by atoms with van der Waals surface area (Å²) < 4.78 is 10.9. The van der Waals surface area contributed by atoms with Crippen LogP contribution in [0, 0.1) is 11.8 Å². The highest BCUT2D eigenvalue weighted by Crippen LogP contribution is 2.58. The SMILES string of the molecule is CC(C)(C)OC(=O)NCCCN(CCCNC(=O)OC(C)(C)C)C(=O)CCCC(=O)N(CC(=O)NCCCC[C@@H](C(N)=O)C1SS1)CC(=O)NCCCC[C@@H](C(N)=O)C1SS1. The summed E-state index contributed by atoms with van der Waals surface area (Å²) in [5, 5.41) is 11.0. The first-order chi connectivity index (χ1) is 28.6. The molecule has 0 aliphatic carbocycles. The van der Waals surface area contributed by atoms with E-state index in [0.29, 0.717) is 77.5 Å². The Hall–Kier alpha value is -3.24. The largest absolute Gasteiger partial charge is 0.444 e. The monoisotopic (exact) mass is 936 g/mol. The van der Waals surface area contributed by atoms with Crippen molar-refractivity contribution in [1.29, 1.82) is 0 Å². The topological polar surface area (TPSA) is 262 Å². The number of carbonyl (C=O) groups is 8. The standard InChI is InChI=1S/C39H68N8O10S4/c1-38(2,3)56-36(54)44-20-12-22-46(23-13-21-45-37(55)57-39(4,5)6)30(50)16-11-17-31(51)47(24-28(48)42-18-9-7-14-26(32(40)52)34-58-59-34)25-29(49)43-19-10-8-15-27(33(41)53)35-60-61-35/h26-27,34-35H,7-25H2,1-6H3,(H2,40,52)(H2,41,53)(H,42,48)(H,43,49)(H,44,54)(H,45,55)/t26-,27-/m0/s1. The van der Waals surface area contributed by atoms with Gasteiger partial charge in [-0.05, 0) is 86.5 Å². The Morgan fingerprint density at radius 2 is 0.885 bits per heavy atom. The third-order valence-electron chi connectivity index (χ3n) is 9.03. The van der Waals surface area contributed by atoms with E-state index >= 15 is 0 Å². The van der Waals surface area contributed by atoms with Crippen LogP contribution in [0.1, 0.15) is 112 Å². The van der Waals surface area contributed by atoms with Gasteiger partial charge in [0.15, 0.2) is 0 Å². The lowest BCUT2D eigenvalue weighted by Gasteiger charge is -2.25. The van der Waals surface area contributed by atoms with Gasteiger partial charge in [-0.2, -0.15) is 0 Å². The first-order valence-corrected chi connectivity index (χ1v) is 25.5. The Kier molecular flexibility index (Phi) is 24.5. The maximum absolute atomic E-state index is 13.5. The summed E-state index contributed by atoms with van der Waals surface area (Å²) in [7, 11) is 6.50. The number of carbonyl (C=O) groups excluding carboxylic acids is 8. The second-order valence-electron chi connectivity index (χ2n) is 16.9. The van der Waals surface area contributed by atoms with Gasteiger partial charge < -0.3 is 52.0 Å². The van der Waals surface area contributed by atoms with E-state index in [2.05, 4.69) is 21.3 Å². The molecule has 2 heterocycles. The maximum atomic E-state index is 13.5. The van der Waals surface area contributed by atoms with Gasteiger partial charge in [0.2, 0.25) is 35.4 Å². The summed E-state index contributed by atoms with van der Waals surface area (Å²) in [5.74, 6) is -2.72. The highest BCUT2D eigenvalue weighted by atomic mass is 33.2. The minimum absolute atomic E-state index is 0.00525. The molecule has 0 spiro atoms. The second-order valence-corrected chi connectivity index (χ2v) is 22.6. The molecule has 22 heteroatoms. The second kappa shape index (κ2) is 27.7. The van der Waals surface area contributed by atoms with Gasteiger partial charge >= 0.3 is 12.2 Å². The number of unbranched alkanes of at least 4 members (excludes halogenated alkanes) is 2. The highest BCUT2D eigenvalue weighted by molar-refractivity contribution is 8.93. The fraction of sp³-hybridized carbons (Fsp3) is 0.795. The predicted octanol–water partition coefficient (Wildman–Crippen LogP) is 3.86. The van der Waals surface area contributed by atoms with Crippen LogP contribution in [0.2, 0.25) is 0 Å². The van der Waals surface area contributed by atoms with Crippen LogP contribution in [-0.4, -0.2) is 130 Å². The molecule has 0 radical (unpaired) electrons.